The van der Waals surface area contributed by atoms with Crippen LogP contribution in [0.2, 0.25) is 0 Å². The molecule has 0 radical (unpaired) electrons. The van der Waals surface area contributed by atoms with Gasteiger partial charge in [0.05, 0.1) is 0 Å². The number of nitrogens with one attached hydrogen (secondary N) is 1. The van der Waals surface area contributed by atoms with E-state index in [9.17, 15) is 4.79 Å². The first-order chi connectivity index (χ1) is 12.4. The van der Waals surface area contributed by atoms with Crippen molar-refractivity contribution < 1.29 is 4.79 Å². The summed E-state index contributed by atoms with van der Waals surface area (Å²) in [5, 5.41) is 3.55. The maximum Gasteiger partial charge on any atom is 0.284 e. The Kier molecular flexibility index (Phi) is 7.17. The van der Waals surface area contributed by atoms with E-state index in [4.69, 9.17) is 11.6 Å². The van der Waals surface area contributed by atoms with E-state index in [1.54, 1.807) is 0 Å². The van der Waals surface area contributed by atoms with E-state index in [0.29, 0.717) is 6.04 Å². The highest BCUT2D eigenvalue weighted by Crippen LogP contribution is 2.28. The van der Waals surface area contributed by atoms with Gasteiger partial charge in [0.2, 0.25) is 0 Å². The quantitative estimate of drug-likeness (QED) is 0.470. The van der Waals surface area contributed by atoms with Gasteiger partial charge < -0.3 is 4.90 Å². The highest BCUT2D eigenvalue weighted by Gasteiger charge is 2.29. The average molecular weight is 378 g/mol. The average Bonchev–Trinajstić information content (AvgIpc) is 2.66. The third-order valence-electron chi connectivity index (χ3n) is 5.05. The number of allylic oxidation sites excluding steroid dienone is 1. The number of halogens is 1. The molecule has 1 aromatic heterocycles. The number of aromatic nitrogens is 1. The fraction of sp³-hybridized carbons (Fsp3) is 0.526. The number of pyridine rings is 1. The predicted molar refractivity (Wildman–Crippen MR) is 106 cm³/mol. The van der Waals surface area contributed by atoms with Crippen LogP contribution in [0, 0.1) is 0 Å². The van der Waals surface area contributed by atoms with Gasteiger partial charge in [-0.3, -0.25) is 14.7 Å². The third kappa shape index (κ3) is 4.43. The summed E-state index contributed by atoms with van der Waals surface area (Å²) in [6, 6.07) is 4.72. The van der Waals surface area contributed by atoms with Crippen LogP contribution < -0.4 is 5.43 Å². The van der Waals surface area contributed by atoms with E-state index in [1.165, 1.54) is 5.56 Å². The van der Waals surface area contributed by atoms with Crippen molar-refractivity contribution in [3.05, 3.63) is 40.3 Å². The first kappa shape index (κ1) is 20.4. The molecular formula is C19H28ClN5O. The van der Waals surface area contributed by atoms with Crippen LogP contribution >= 0.6 is 11.6 Å². The molecular weight excluding hydrogens is 350 g/mol. The molecule has 1 aromatic rings. The van der Waals surface area contributed by atoms with Crippen LogP contribution in [0.3, 0.4) is 0 Å². The molecule has 142 valence electrons. The summed E-state index contributed by atoms with van der Waals surface area (Å²) in [5.41, 5.74) is 5.49. The van der Waals surface area contributed by atoms with Gasteiger partial charge in [0.25, 0.3) is 5.91 Å². The molecule has 2 heterocycles. The topological polar surface area (TPSA) is 60.8 Å². The molecule has 7 heteroatoms. The Labute approximate surface area is 160 Å². The maximum absolute atomic E-state index is 11.9. The summed E-state index contributed by atoms with van der Waals surface area (Å²) in [6.45, 7) is 14.2. The van der Waals surface area contributed by atoms with E-state index >= 15 is 0 Å². The van der Waals surface area contributed by atoms with Crippen molar-refractivity contribution in [3.63, 3.8) is 0 Å². The molecule has 6 nitrogen and oxygen atoms in total. The second-order valence-corrected chi connectivity index (χ2v) is 6.98. The fourth-order valence-electron chi connectivity index (χ4n) is 3.57. The van der Waals surface area contributed by atoms with Gasteiger partial charge >= 0.3 is 0 Å². The van der Waals surface area contributed by atoms with Gasteiger partial charge in [-0.1, -0.05) is 24.6 Å². The van der Waals surface area contributed by atoms with Crippen LogP contribution in [0.5, 0.6) is 0 Å². The van der Waals surface area contributed by atoms with Crippen LogP contribution in [0.25, 0.3) is 0 Å². The number of nitrogens with zero attached hydrogens (tertiary/aromatic N) is 4. The summed E-state index contributed by atoms with van der Waals surface area (Å²) < 4.78 is 0. The number of amides is 1. The van der Waals surface area contributed by atoms with Crippen LogP contribution in [0.1, 0.15) is 45.0 Å². The smallest absolute Gasteiger partial charge is 0.284 e. The Morgan fingerprint density at radius 2 is 2.27 bits per heavy atom. The summed E-state index contributed by atoms with van der Waals surface area (Å²) in [5.74, 6) is -0.426. The second-order valence-electron chi connectivity index (χ2n) is 6.60. The molecule has 26 heavy (non-hydrogen) atoms. The van der Waals surface area contributed by atoms with Crippen molar-refractivity contribution in [2.45, 2.75) is 46.2 Å². The Morgan fingerprint density at radius 1 is 1.54 bits per heavy atom. The zero-order valence-electron chi connectivity index (χ0n) is 16.0. The summed E-state index contributed by atoms with van der Waals surface area (Å²) >= 11 is 6.21. The van der Waals surface area contributed by atoms with Crippen LogP contribution in [0.15, 0.2) is 34.2 Å². The zero-order chi connectivity index (χ0) is 19.3. The van der Waals surface area contributed by atoms with Crippen molar-refractivity contribution in [2.24, 2.45) is 5.10 Å². The zero-order valence-corrected chi connectivity index (χ0v) is 16.8. The highest BCUT2D eigenvalue weighted by atomic mass is 35.5. The number of piperazine rings is 1. The molecule has 1 fully saturated rings. The first-order valence-corrected chi connectivity index (χ1v) is 9.35. The lowest BCUT2D eigenvalue weighted by molar-refractivity contribution is -0.117. The van der Waals surface area contributed by atoms with Gasteiger partial charge in [-0.05, 0) is 38.8 Å². The van der Waals surface area contributed by atoms with Gasteiger partial charge in [0, 0.05) is 56.0 Å². The first-order valence-electron chi connectivity index (χ1n) is 8.97. The molecule has 1 aliphatic rings. The minimum atomic E-state index is -0.426. The fourth-order valence-corrected chi connectivity index (χ4v) is 3.72. The summed E-state index contributed by atoms with van der Waals surface area (Å²) in [7, 11) is 0. The lowest BCUT2D eigenvalue weighted by atomic mass is 10.0. The molecule has 0 bridgehead atoms. The van der Waals surface area contributed by atoms with Crippen molar-refractivity contribution >= 4 is 24.2 Å². The van der Waals surface area contributed by atoms with E-state index in [1.807, 2.05) is 19.2 Å². The predicted octanol–water partition coefficient (Wildman–Crippen LogP) is 2.91. The number of rotatable bonds is 6. The van der Waals surface area contributed by atoms with E-state index < -0.39 is 5.91 Å². The van der Waals surface area contributed by atoms with Gasteiger partial charge in [-0.2, -0.15) is 5.10 Å². The SMILES string of the molecule is C=NNC(=O)/C(Cl)=C(\C)N1CCN([C@@H](C)c2cccnc2CC)C[C@H]1C. The maximum atomic E-state index is 11.9. The molecule has 2 rings (SSSR count). The minimum Gasteiger partial charge on any atom is -0.368 e. The molecule has 1 saturated heterocycles. The van der Waals surface area contributed by atoms with Crippen LogP contribution in [0.4, 0.5) is 0 Å². The molecule has 0 spiro atoms. The summed E-state index contributed by atoms with van der Waals surface area (Å²) in [6.07, 6.45) is 2.79. The molecule has 0 unspecified atom stereocenters. The van der Waals surface area contributed by atoms with E-state index in [2.05, 4.69) is 58.9 Å². The number of carbonyl (C=O) groups excluding carboxylic acids is 1. The number of hydrogen-bond acceptors (Lipinski definition) is 5. The Balaban J connectivity index is 2.11. The van der Waals surface area contributed by atoms with Crippen molar-refractivity contribution in [1.82, 2.24) is 20.2 Å². The number of hydrogen-bond donors (Lipinski definition) is 1. The lowest BCUT2D eigenvalue weighted by Crippen LogP contribution is -2.51. The molecule has 0 saturated carbocycles. The molecule has 1 aliphatic heterocycles. The second kappa shape index (κ2) is 9.14. The van der Waals surface area contributed by atoms with E-state index in [0.717, 1.165) is 37.4 Å². The monoisotopic (exact) mass is 377 g/mol. The largest absolute Gasteiger partial charge is 0.368 e. The number of hydrazone groups is 1. The molecule has 1 N–H and O–H groups in total. The van der Waals surface area contributed by atoms with Gasteiger partial charge in [-0.25, -0.2) is 5.43 Å². The van der Waals surface area contributed by atoms with Crippen LogP contribution in [-0.2, 0) is 11.2 Å². The molecule has 0 aromatic carbocycles. The molecule has 2 atom stereocenters. The van der Waals surface area contributed by atoms with Crippen molar-refractivity contribution in [3.8, 4) is 0 Å². The molecule has 0 aliphatic carbocycles. The van der Waals surface area contributed by atoms with Gasteiger partial charge in [0.15, 0.2) is 0 Å². The standard InChI is InChI=1S/C19H28ClN5O/c1-6-17-16(8-7-9-22-17)14(3)24-10-11-25(13(2)12-24)15(4)18(20)19(26)23-21-5/h7-9,13-14H,5-6,10-12H2,1-4H3,(H,23,26)/b18-15-/t13-,14+/m1/s1. The Hall–Kier alpha value is -1.92. The number of aryl methyl sites for hydroxylation is 1. The Morgan fingerprint density at radius 3 is 2.88 bits per heavy atom. The van der Waals surface area contributed by atoms with Crippen molar-refractivity contribution in [1.29, 1.82) is 0 Å². The third-order valence-corrected chi connectivity index (χ3v) is 5.49. The van der Waals surface area contributed by atoms with Gasteiger partial charge in [-0.15, -0.1) is 0 Å². The lowest BCUT2D eigenvalue weighted by Gasteiger charge is -2.44. The Bertz CT molecular complexity index is 690. The highest BCUT2D eigenvalue weighted by molar-refractivity contribution is 6.42. The van der Waals surface area contributed by atoms with Crippen molar-refractivity contribution in [2.75, 3.05) is 19.6 Å². The minimum absolute atomic E-state index is 0.159. The summed E-state index contributed by atoms with van der Waals surface area (Å²) in [4.78, 5) is 21.0. The van der Waals surface area contributed by atoms with E-state index in [-0.39, 0.29) is 11.1 Å². The van der Waals surface area contributed by atoms with Gasteiger partial charge in [0.1, 0.15) is 5.03 Å². The normalized spacial score (nSPS) is 20.3. The molecule has 1 amide bonds. The van der Waals surface area contributed by atoms with Crippen LogP contribution in [-0.4, -0.2) is 53.1 Å². The number of carbonyl (C=O) groups is 1.